The zero-order valence-electron chi connectivity index (χ0n) is 9.36. The molecule has 1 aromatic heterocycles. The Morgan fingerprint density at radius 2 is 2.47 bits per heavy atom. The number of carbonyl (C=O) groups excluding carboxylic acids is 1. The van der Waals surface area contributed by atoms with Crippen molar-refractivity contribution in [1.82, 2.24) is 15.3 Å². The number of halogens is 1. The largest absolute Gasteiger partial charge is 0.378 e. The summed E-state index contributed by atoms with van der Waals surface area (Å²) in [5, 5.41) is 2.99. The Labute approximate surface area is 105 Å². The first-order valence-electron chi connectivity index (χ1n) is 5.63. The Bertz CT molecular complexity index is 394. The number of hydrogen-bond acceptors (Lipinski definition) is 4. The molecule has 6 heteroatoms. The molecule has 92 valence electrons. The van der Waals surface area contributed by atoms with Gasteiger partial charge in [0.15, 0.2) is 0 Å². The van der Waals surface area contributed by atoms with Gasteiger partial charge in [-0.05, 0) is 19.3 Å². The lowest BCUT2D eigenvalue weighted by molar-refractivity contribution is 0.0903. The standard InChI is InChI=1S/C11H14ClN3O2/c12-10-7-13-6-9(15-10)11(16)14-4-3-8-2-1-5-17-8/h6-8H,1-5H2,(H,14,16). The molecule has 1 aliphatic rings. The molecular formula is C11H14ClN3O2. The maximum absolute atomic E-state index is 11.7. The van der Waals surface area contributed by atoms with Crippen LogP contribution in [0.4, 0.5) is 0 Å². The van der Waals surface area contributed by atoms with E-state index in [-0.39, 0.29) is 22.9 Å². The zero-order valence-corrected chi connectivity index (χ0v) is 10.1. The van der Waals surface area contributed by atoms with Crippen molar-refractivity contribution in [3.8, 4) is 0 Å². The molecule has 0 aliphatic carbocycles. The average molecular weight is 256 g/mol. The van der Waals surface area contributed by atoms with Crippen LogP contribution in [0.5, 0.6) is 0 Å². The molecule has 0 radical (unpaired) electrons. The van der Waals surface area contributed by atoms with Crippen molar-refractivity contribution in [2.24, 2.45) is 0 Å². The van der Waals surface area contributed by atoms with E-state index in [0.29, 0.717) is 6.54 Å². The smallest absolute Gasteiger partial charge is 0.271 e. The Hall–Kier alpha value is -1.20. The summed E-state index contributed by atoms with van der Waals surface area (Å²) in [6, 6.07) is 0. The fourth-order valence-corrected chi connectivity index (χ4v) is 1.91. The van der Waals surface area contributed by atoms with Gasteiger partial charge in [-0.3, -0.25) is 9.78 Å². The van der Waals surface area contributed by atoms with Crippen molar-refractivity contribution >= 4 is 17.5 Å². The summed E-state index contributed by atoms with van der Waals surface area (Å²) >= 11 is 5.65. The SMILES string of the molecule is O=C(NCCC1CCCO1)c1cncc(Cl)n1. The predicted molar refractivity (Wildman–Crippen MR) is 63.0 cm³/mol. The number of hydrogen-bond donors (Lipinski definition) is 1. The van der Waals surface area contributed by atoms with E-state index < -0.39 is 0 Å². The minimum atomic E-state index is -0.252. The molecule has 1 atom stereocenters. The minimum Gasteiger partial charge on any atom is -0.378 e. The molecule has 1 amide bonds. The van der Waals surface area contributed by atoms with Gasteiger partial charge in [-0.1, -0.05) is 11.6 Å². The molecule has 2 heterocycles. The van der Waals surface area contributed by atoms with Crippen LogP contribution in [-0.4, -0.2) is 35.1 Å². The van der Waals surface area contributed by atoms with Crippen molar-refractivity contribution in [2.45, 2.75) is 25.4 Å². The molecule has 5 nitrogen and oxygen atoms in total. The Morgan fingerprint density at radius 3 is 3.18 bits per heavy atom. The number of carbonyl (C=O) groups is 1. The van der Waals surface area contributed by atoms with Crippen LogP contribution in [-0.2, 0) is 4.74 Å². The minimum absolute atomic E-state index is 0.219. The number of nitrogens with one attached hydrogen (secondary N) is 1. The van der Waals surface area contributed by atoms with E-state index in [4.69, 9.17) is 16.3 Å². The first-order chi connectivity index (χ1) is 8.25. The molecule has 1 saturated heterocycles. The molecular weight excluding hydrogens is 242 g/mol. The molecule has 0 saturated carbocycles. The Kier molecular flexibility index (Phi) is 4.28. The first kappa shape index (κ1) is 12.3. The van der Waals surface area contributed by atoms with Crippen LogP contribution in [0.15, 0.2) is 12.4 Å². The average Bonchev–Trinajstić information content (AvgIpc) is 2.82. The molecule has 17 heavy (non-hydrogen) atoms. The van der Waals surface area contributed by atoms with Gasteiger partial charge in [-0.15, -0.1) is 0 Å². The maximum atomic E-state index is 11.7. The lowest BCUT2D eigenvalue weighted by atomic mass is 10.2. The van der Waals surface area contributed by atoms with Crippen molar-refractivity contribution in [3.63, 3.8) is 0 Å². The number of ether oxygens (including phenoxy) is 1. The van der Waals surface area contributed by atoms with Crippen molar-refractivity contribution in [3.05, 3.63) is 23.2 Å². The molecule has 2 rings (SSSR count). The summed E-state index contributed by atoms with van der Waals surface area (Å²) in [4.78, 5) is 19.4. The second kappa shape index (κ2) is 5.93. The highest BCUT2D eigenvalue weighted by Crippen LogP contribution is 2.14. The second-order valence-corrected chi connectivity index (χ2v) is 4.29. The molecule has 1 unspecified atom stereocenters. The Morgan fingerprint density at radius 1 is 1.59 bits per heavy atom. The van der Waals surface area contributed by atoms with Crippen LogP contribution in [0.25, 0.3) is 0 Å². The topological polar surface area (TPSA) is 64.1 Å². The highest BCUT2D eigenvalue weighted by molar-refractivity contribution is 6.29. The van der Waals surface area contributed by atoms with Crippen LogP contribution in [0.1, 0.15) is 29.8 Å². The molecule has 0 aromatic carbocycles. The monoisotopic (exact) mass is 255 g/mol. The highest BCUT2D eigenvalue weighted by Gasteiger charge is 2.15. The van der Waals surface area contributed by atoms with Crippen LogP contribution >= 0.6 is 11.6 Å². The highest BCUT2D eigenvalue weighted by atomic mass is 35.5. The summed E-state index contributed by atoms with van der Waals surface area (Å²) in [5.74, 6) is -0.252. The van der Waals surface area contributed by atoms with Gasteiger partial charge in [-0.2, -0.15) is 0 Å². The van der Waals surface area contributed by atoms with Crippen molar-refractivity contribution in [1.29, 1.82) is 0 Å². The normalized spacial score (nSPS) is 19.2. The molecule has 0 spiro atoms. The predicted octanol–water partition coefficient (Wildman–Crippen LogP) is 1.43. The number of nitrogens with zero attached hydrogens (tertiary/aromatic N) is 2. The van der Waals surface area contributed by atoms with Gasteiger partial charge in [0.2, 0.25) is 0 Å². The van der Waals surface area contributed by atoms with Gasteiger partial charge in [0.25, 0.3) is 5.91 Å². The number of amides is 1. The fourth-order valence-electron chi connectivity index (χ4n) is 1.76. The second-order valence-electron chi connectivity index (χ2n) is 3.91. The summed E-state index contributed by atoms with van der Waals surface area (Å²) < 4.78 is 5.46. The maximum Gasteiger partial charge on any atom is 0.271 e. The lowest BCUT2D eigenvalue weighted by Crippen LogP contribution is -2.27. The van der Waals surface area contributed by atoms with Crippen LogP contribution in [0, 0.1) is 0 Å². The summed E-state index contributed by atoms with van der Waals surface area (Å²) in [6.07, 6.45) is 6.09. The van der Waals surface area contributed by atoms with E-state index in [1.807, 2.05) is 0 Å². The number of rotatable bonds is 4. The third-order valence-corrected chi connectivity index (χ3v) is 2.80. The van der Waals surface area contributed by atoms with Gasteiger partial charge < -0.3 is 10.1 Å². The van der Waals surface area contributed by atoms with Crippen LogP contribution in [0.3, 0.4) is 0 Å². The van der Waals surface area contributed by atoms with E-state index in [2.05, 4.69) is 15.3 Å². The quantitative estimate of drug-likeness (QED) is 0.884. The molecule has 1 N–H and O–H groups in total. The summed E-state index contributed by atoms with van der Waals surface area (Å²) in [7, 11) is 0. The van der Waals surface area contributed by atoms with Gasteiger partial charge in [0.1, 0.15) is 10.8 Å². The molecule has 1 aliphatic heterocycles. The van der Waals surface area contributed by atoms with Crippen molar-refractivity contribution < 1.29 is 9.53 Å². The van der Waals surface area contributed by atoms with Crippen LogP contribution in [0.2, 0.25) is 5.15 Å². The van der Waals surface area contributed by atoms with E-state index in [1.165, 1.54) is 12.4 Å². The van der Waals surface area contributed by atoms with E-state index in [9.17, 15) is 4.79 Å². The van der Waals surface area contributed by atoms with Gasteiger partial charge >= 0.3 is 0 Å². The zero-order chi connectivity index (χ0) is 12.1. The lowest BCUT2D eigenvalue weighted by Gasteiger charge is -2.09. The molecule has 0 bridgehead atoms. The van der Waals surface area contributed by atoms with Gasteiger partial charge in [0, 0.05) is 13.2 Å². The third kappa shape index (κ3) is 3.64. The van der Waals surface area contributed by atoms with Gasteiger partial charge in [-0.25, -0.2) is 4.98 Å². The van der Waals surface area contributed by atoms with E-state index in [0.717, 1.165) is 25.9 Å². The van der Waals surface area contributed by atoms with Crippen LogP contribution < -0.4 is 5.32 Å². The summed E-state index contributed by atoms with van der Waals surface area (Å²) in [5.41, 5.74) is 0.241. The number of aromatic nitrogens is 2. The molecule has 1 fully saturated rings. The fraction of sp³-hybridized carbons (Fsp3) is 0.545. The first-order valence-corrected chi connectivity index (χ1v) is 6.01. The third-order valence-electron chi connectivity index (χ3n) is 2.61. The molecule has 1 aromatic rings. The van der Waals surface area contributed by atoms with E-state index >= 15 is 0 Å². The van der Waals surface area contributed by atoms with E-state index in [1.54, 1.807) is 0 Å². The van der Waals surface area contributed by atoms with Gasteiger partial charge in [0.05, 0.1) is 18.5 Å². The van der Waals surface area contributed by atoms with Crippen molar-refractivity contribution in [2.75, 3.05) is 13.2 Å². The summed E-state index contributed by atoms with van der Waals surface area (Å²) in [6.45, 7) is 1.41. The Balaban J connectivity index is 1.77.